The lowest BCUT2D eigenvalue weighted by Crippen LogP contribution is -2.45. The third kappa shape index (κ3) is 6.34. The molecule has 26 heavy (non-hydrogen) atoms. The average Bonchev–Trinajstić information content (AvgIpc) is 2.58. The molecule has 2 aromatic carbocycles. The first-order chi connectivity index (χ1) is 12.3. The second-order valence-corrected chi connectivity index (χ2v) is 7.29. The zero-order valence-corrected chi connectivity index (χ0v) is 17.4. The van der Waals surface area contributed by atoms with Crippen LogP contribution in [0.25, 0.3) is 0 Å². The molecule has 6 nitrogen and oxygen atoms in total. The zero-order valence-electron chi connectivity index (χ0n) is 14.3. The fourth-order valence-electron chi connectivity index (χ4n) is 2.00. The lowest BCUT2D eigenvalue weighted by molar-refractivity contribution is -0.131. The maximum absolute atomic E-state index is 11.8. The number of hydrogen-bond donors (Lipinski definition) is 2. The Morgan fingerprint density at radius 3 is 2.04 bits per heavy atom. The number of hydrazine groups is 1. The summed E-state index contributed by atoms with van der Waals surface area (Å²) in [5, 5.41) is 0. The van der Waals surface area contributed by atoms with Crippen LogP contribution < -0.4 is 20.3 Å². The second-order valence-electron chi connectivity index (χ2n) is 5.52. The molecule has 0 aliphatic carbocycles. The highest BCUT2D eigenvalue weighted by atomic mass is 79.9. The summed E-state index contributed by atoms with van der Waals surface area (Å²) in [6.07, 6.45) is 0. The Kier molecular flexibility index (Phi) is 7.47. The van der Waals surface area contributed by atoms with Gasteiger partial charge in [-0.2, -0.15) is 0 Å². The maximum Gasteiger partial charge on any atom is 0.276 e. The summed E-state index contributed by atoms with van der Waals surface area (Å²) in [7, 11) is 0. The van der Waals surface area contributed by atoms with Crippen LogP contribution in [0, 0.1) is 13.8 Å². The van der Waals surface area contributed by atoms with E-state index in [1.807, 2.05) is 38.1 Å². The van der Waals surface area contributed by atoms with Crippen molar-refractivity contribution in [3.05, 3.63) is 56.5 Å². The van der Waals surface area contributed by atoms with Gasteiger partial charge in [-0.15, -0.1) is 0 Å². The maximum atomic E-state index is 11.8. The van der Waals surface area contributed by atoms with Gasteiger partial charge in [0.2, 0.25) is 0 Å². The van der Waals surface area contributed by atoms with Gasteiger partial charge in [0.05, 0.1) is 4.47 Å². The quantitative estimate of drug-likeness (QED) is 0.614. The number of carbonyl (C=O) groups excluding carboxylic acids is 2. The fourth-order valence-corrected chi connectivity index (χ4v) is 3.08. The highest BCUT2D eigenvalue weighted by molar-refractivity contribution is 9.10. The van der Waals surface area contributed by atoms with Crippen molar-refractivity contribution in [1.29, 1.82) is 0 Å². The number of rotatable bonds is 6. The lowest BCUT2D eigenvalue weighted by Gasteiger charge is -2.11. The van der Waals surface area contributed by atoms with E-state index in [9.17, 15) is 9.59 Å². The van der Waals surface area contributed by atoms with Crippen molar-refractivity contribution in [1.82, 2.24) is 10.9 Å². The number of benzene rings is 2. The molecule has 0 aliphatic heterocycles. The average molecular weight is 486 g/mol. The van der Waals surface area contributed by atoms with Crippen molar-refractivity contribution < 1.29 is 19.1 Å². The van der Waals surface area contributed by atoms with Crippen LogP contribution in [0.5, 0.6) is 11.5 Å². The normalized spacial score (nSPS) is 10.2. The summed E-state index contributed by atoms with van der Waals surface area (Å²) in [6.45, 7) is 3.39. The summed E-state index contributed by atoms with van der Waals surface area (Å²) in [4.78, 5) is 23.5. The fraction of sp³-hybridized carbons (Fsp3) is 0.222. The molecule has 2 aromatic rings. The standard InChI is InChI=1S/C18H18Br2N2O4/c1-11-3-5-16(14(20)7-11)26-10-18(24)22-21-17(23)9-25-15-6-4-13(19)8-12(15)2/h3-8H,9-10H2,1-2H3,(H,21,23)(H,22,24). The van der Waals surface area contributed by atoms with Crippen molar-refractivity contribution in [2.45, 2.75) is 13.8 Å². The molecule has 0 unspecified atom stereocenters. The predicted molar refractivity (Wildman–Crippen MR) is 105 cm³/mol. The van der Waals surface area contributed by atoms with E-state index in [-0.39, 0.29) is 13.2 Å². The number of aryl methyl sites for hydroxylation is 2. The molecule has 0 bridgehead atoms. The number of halogens is 2. The number of amides is 2. The summed E-state index contributed by atoms with van der Waals surface area (Å²) < 4.78 is 12.5. The van der Waals surface area contributed by atoms with Gasteiger partial charge in [0, 0.05) is 4.47 Å². The molecule has 2 amide bonds. The predicted octanol–water partition coefficient (Wildman–Crippen LogP) is 3.43. The third-order valence-corrected chi connectivity index (χ3v) is 4.40. The zero-order chi connectivity index (χ0) is 19.1. The van der Waals surface area contributed by atoms with Crippen LogP contribution >= 0.6 is 31.9 Å². The molecule has 0 aliphatic rings. The number of hydrogen-bond acceptors (Lipinski definition) is 4. The first-order valence-electron chi connectivity index (χ1n) is 7.70. The monoisotopic (exact) mass is 484 g/mol. The molecule has 0 saturated heterocycles. The van der Waals surface area contributed by atoms with Gasteiger partial charge in [-0.05, 0) is 71.2 Å². The highest BCUT2D eigenvalue weighted by Gasteiger charge is 2.09. The topological polar surface area (TPSA) is 76.7 Å². The van der Waals surface area contributed by atoms with E-state index in [4.69, 9.17) is 9.47 Å². The third-order valence-electron chi connectivity index (χ3n) is 3.28. The molecule has 8 heteroatoms. The van der Waals surface area contributed by atoms with E-state index >= 15 is 0 Å². The first-order valence-corrected chi connectivity index (χ1v) is 9.29. The Morgan fingerprint density at radius 2 is 1.46 bits per heavy atom. The number of carbonyl (C=O) groups is 2. The van der Waals surface area contributed by atoms with Gasteiger partial charge >= 0.3 is 0 Å². The van der Waals surface area contributed by atoms with Crippen LogP contribution in [0.15, 0.2) is 45.3 Å². The minimum atomic E-state index is -0.481. The molecule has 0 spiro atoms. The van der Waals surface area contributed by atoms with Crippen LogP contribution in [0.4, 0.5) is 0 Å². The largest absolute Gasteiger partial charge is 0.483 e. The number of ether oxygens (including phenoxy) is 2. The summed E-state index contributed by atoms with van der Waals surface area (Å²) in [5.41, 5.74) is 6.52. The van der Waals surface area contributed by atoms with Crippen LogP contribution in [0.2, 0.25) is 0 Å². The summed E-state index contributed by atoms with van der Waals surface area (Å²) in [6, 6.07) is 11.0. The molecule has 0 saturated carbocycles. The van der Waals surface area contributed by atoms with E-state index in [1.165, 1.54) is 0 Å². The number of nitrogens with one attached hydrogen (secondary N) is 2. The molecule has 138 valence electrons. The van der Waals surface area contributed by atoms with E-state index in [1.54, 1.807) is 12.1 Å². The molecule has 0 aromatic heterocycles. The van der Waals surface area contributed by atoms with Crippen molar-refractivity contribution in [3.8, 4) is 11.5 Å². The smallest absolute Gasteiger partial charge is 0.276 e. The van der Waals surface area contributed by atoms with E-state index in [0.717, 1.165) is 20.1 Å². The minimum Gasteiger partial charge on any atom is -0.483 e. The Balaban J connectivity index is 1.72. The van der Waals surface area contributed by atoms with Crippen LogP contribution in [-0.4, -0.2) is 25.0 Å². The Morgan fingerprint density at radius 1 is 0.885 bits per heavy atom. The van der Waals surface area contributed by atoms with Gasteiger partial charge in [0.15, 0.2) is 13.2 Å². The molecule has 0 fully saturated rings. The molecule has 0 radical (unpaired) electrons. The Labute approximate surface area is 168 Å². The van der Waals surface area contributed by atoms with E-state index in [0.29, 0.717) is 11.5 Å². The molecule has 0 heterocycles. The molecular formula is C18H18Br2N2O4. The van der Waals surface area contributed by atoms with Gasteiger partial charge in [0.1, 0.15) is 11.5 Å². The molecule has 2 N–H and O–H groups in total. The van der Waals surface area contributed by atoms with Gasteiger partial charge in [-0.1, -0.05) is 22.0 Å². The van der Waals surface area contributed by atoms with E-state index in [2.05, 4.69) is 42.7 Å². The molecule has 2 rings (SSSR count). The SMILES string of the molecule is Cc1ccc(OCC(=O)NNC(=O)COc2ccc(Br)cc2C)c(Br)c1. The summed E-state index contributed by atoms with van der Waals surface area (Å²) >= 11 is 6.73. The van der Waals surface area contributed by atoms with E-state index < -0.39 is 11.8 Å². The van der Waals surface area contributed by atoms with Crippen molar-refractivity contribution in [3.63, 3.8) is 0 Å². The van der Waals surface area contributed by atoms with Gasteiger partial charge in [-0.25, -0.2) is 0 Å². The van der Waals surface area contributed by atoms with Crippen molar-refractivity contribution >= 4 is 43.7 Å². The Hall–Kier alpha value is -2.06. The van der Waals surface area contributed by atoms with Gasteiger partial charge in [-0.3, -0.25) is 20.4 Å². The minimum absolute atomic E-state index is 0.215. The van der Waals surface area contributed by atoms with Crippen molar-refractivity contribution in [2.75, 3.05) is 13.2 Å². The Bertz CT molecular complexity index is 744. The van der Waals surface area contributed by atoms with Crippen LogP contribution in [0.3, 0.4) is 0 Å². The first kappa shape index (κ1) is 20.3. The molecular weight excluding hydrogens is 468 g/mol. The second kappa shape index (κ2) is 9.59. The molecule has 0 atom stereocenters. The van der Waals surface area contributed by atoms with Crippen LogP contribution in [-0.2, 0) is 9.59 Å². The summed E-state index contributed by atoms with van der Waals surface area (Å²) in [5.74, 6) is 0.191. The van der Waals surface area contributed by atoms with Crippen molar-refractivity contribution in [2.24, 2.45) is 0 Å². The highest BCUT2D eigenvalue weighted by Crippen LogP contribution is 2.25. The van der Waals surface area contributed by atoms with Gasteiger partial charge < -0.3 is 9.47 Å². The van der Waals surface area contributed by atoms with Gasteiger partial charge in [0.25, 0.3) is 11.8 Å². The van der Waals surface area contributed by atoms with Crippen LogP contribution in [0.1, 0.15) is 11.1 Å². The lowest BCUT2D eigenvalue weighted by atomic mass is 10.2.